The first kappa shape index (κ1) is 16.7. The molecule has 0 saturated carbocycles. The molecule has 0 atom stereocenters. The number of nitrogens with one attached hydrogen (secondary N) is 1. The molecule has 0 aliphatic rings. The van der Waals surface area contributed by atoms with Crippen molar-refractivity contribution in [3.8, 4) is 0 Å². The fraction of sp³-hybridized carbons (Fsp3) is 0.167. The van der Waals surface area contributed by atoms with Crippen LogP contribution in [0, 0.1) is 10.1 Å². The molecule has 22 heavy (non-hydrogen) atoms. The monoisotopic (exact) mass is 405 g/mol. The fourth-order valence-corrected chi connectivity index (χ4v) is 3.06. The molecule has 0 aliphatic heterocycles. The molecule has 116 valence electrons. The lowest BCUT2D eigenvalue weighted by Crippen LogP contribution is -2.08. The van der Waals surface area contributed by atoms with Crippen LogP contribution in [0.1, 0.15) is 15.2 Å². The van der Waals surface area contributed by atoms with Crippen LogP contribution in [-0.4, -0.2) is 23.0 Å². The van der Waals surface area contributed by atoms with Crippen LogP contribution >= 0.6 is 38.9 Å². The predicted molar refractivity (Wildman–Crippen MR) is 86.6 cm³/mol. The maximum absolute atomic E-state index is 11.7. The first-order chi connectivity index (χ1) is 10.4. The second-order valence-electron chi connectivity index (χ2n) is 4.03. The van der Waals surface area contributed by atoms with Crippen LogP contribution in [0.3, 0.4) is 0 Å². The van der Waals surface area contributed by atoms with Gasteiger partial charge in [-0.1, -0.05) is 11.6 Å². The van der Waals surface area contributed by atoms with E-state index in [-0.39, 0.29) is 11.3 Å². The van der Waals surface area contributed by atoms with E-state index in [1.165, 1.54) is 30.6 Å². The van der Waals surface area contributed by atoms with Gasteiger partial charge >= 0.3 is 5.97 Å². The van der Waals surface area contributed by atoms with Crippen LogP contribution in [0.5, 0.6) is 0 Å². The van der Waals surface area contributed by atoms with E-state index in [0.717, 1.165) is 4.88 Å². The number of benzene rings is 1. The third kappa shape index (κ3) is 3.73. The van der Waals surface area contributed by atoms with Crippen LogP contribution in [0.15, 0.2) is 22.8 Å². The second-order valence-corrected chi connectivity index (χ2v) is 6.58. The summed E-state index contributed by atoms with van der Waals surface area (Å²) in [5, 5.41) is 14.1. The molecular formula is C12H9BrClN3O4S. The van der Waals surface area contributed by atoms with Gasteiger partial charge in [-0.05, 0) is 22.0 Å². The number of thiazole rings is 1. The third-order valence-corrected chi connectivity index (χ3v) is 4.44. The van der Waals surface area contributed by atoms with Crippen molar-refractivity contribution < 1.29 is 14.5 Å². The van der Waals surface area contributed by atoms with E-state index in [2.05, 4.69) is 31.0 Å². The van der Waals surface area contributed by atoms with Crippen LogP contribution in [-0.2, 0) is 11.3 Å². The number of nitrogens with zero attached hydrogens (tertiary/aromatic N) is 2. The van der Waals surface area contributed by atoms with Crippen molar-refractivity contribution in [2.75, 3.05) is 12.4 Å². The summed E-state index contributed by atoms with van der Waals surface area (Å²) in [5.41, 5.74) is 0.0705. The van der Waals surface area contributed by atoms with Gasteiger partial charge in [0.1, 0.15) is 5.56 Å². The number of aromatic nitrogens is 1. The van der Waals surface area contributed by atoms with Crippen LogP contribution in [0.2, 0.25) is 4.47 Å². The van der Waals surface area contributed by atoms with E-state index in [1.807, 2.05) is 0 Å². The minimum absolute atomic E-state index is 0.125. The highest BCUT2D eigenvalue weighted by atomic mass is 79.9. The number of hydrogen-bond donors (Lipinski definition) is 1. The topological polar surface area (TPSA) is 94.4 Å². The van der Waals surface area contributed by atoms with Gasteiger partial charge in [0.25, 0.3) is 5.69 Å². The highest BCUT2D eigenvalue weighted by Gasteiger charge is 2.23. The number of methoxy groups -OCH3 is 1. The van der Waals surface area contributed by atoms with Crippen LogP contribution in [0.25, 0.3) is 0 Å². The van der Waals surface area contributed by atoms with Gasteiger partial charge in [0.2, 0.25) is 0 Å². The molecule has 0 amide bonds. The summed E-state index contributed by atoms with van der Waals surface area (Å²) in [7, 11) is 1.17. The number of anilines is 1. The average Bonchev–Trinajstić information content (AvgIpc) is 2.90. The number of nitro groups is 1. The molecule has 0 spiro atoms. The number of halogens is 2. The summed E-state index contributed by atoms with van der Waals surface area (Å²) in [6.45, 7) is 0.418. The maximum atomic E-state index is 11.7. The van der Waals surface area contributed by atoms with E-state index in [0.29, 0.717) is 21.2 Å². The molecule has 0 fully saturated rings. The summed E-state index contributed by atoms with van der Waals surface area (Å²) >= 11 is 10.3. The SMILES string of the molecule is COC(=O)c1cc(NCc2cnc(Cl)s2)c(Br)cc1[N+](=O)[O-]. The van der Waals surface area contributed by atoms with Gasteiger partial charge in [-0.25, -0.2) is 9.78 Å². The minimum atomic E-state index is -0.775. The largest absolute Gasteiger partial charge is 0.465 e. The molecule has 7 nitrogen and oxygen atoms in total. The van der Waals surface area contributed by atoms with Crippen molar-refractivity contribution in [2.24, 2.45) is 0 Å². The zero-order valence-corrected chi connectivity index (χ0v) is 14.3. The van der Waals surface area contributed by atoms with Crippen molar-refractivity contribution >= 4 is 56.2 Å². The lowest BCUT2D eigenvalue weighted by atomic mass is 10.1. The maximum Gasteiger partial charge on any atom is 0.344 e. The first-order valence-corrected chi connectivity index (χ1v) is 7.81. The first-order valence-electron chi connectivity index (χ1n) is 5.82. The molecule has 0 saturated heterocycles. The van der Waals surface area contributed by atoms with Gasteiger partial charge in [-0.3, -0.25) is 10.1 Å². The van der Waals surface area contributed by atoms with Gasteiger partial charge in [-0.2, -0.15) is 0 Å². The van der Waals surface area contributed by atoms with Crippen molar-refractivity contribution in [3.63, 3.8) is 0 Å². The summed E-state index contributed by atoms with van der Waals surface area (Å²) in [5.74, 6) is -0.775. The molecule has 0 aliphatic carbocycles. The Hall–Kier alpha value is -1.71. The molecule has 10 heteroatoms. The Bertz CT molecular complexity index is 737. The van der Waals surface area contributed by atoms with Gasteiger partial charge in [-0.15, -0.1) is 11.3 Å². The molecule has 1 heterocycles. The van der Waals surface area contributed by atoms with Crippen molar-refractivity contribution in [1.29, 1.82) is 0 Å². The van der Waals surface area contributed by atoms with Gasteiger partial charge in [0.15, 0.2) is 4.47 Å². The molecule has 0 bridgehead atoms. The predicted octanol–water partition coefficient (Wildman–Crippen LogP) is 3.87. The Morgan fingerprint density at radius 3 is 2.86 bits per heavy atom. The van der Waals surface area contributed by atoms with Crippen molar-refractivity contribution in [2.45, 2.75) is 6.54 Å². The highest BCUT2D eigenvalue weighted by Crippen LogP contribution is 2.32. The normalized spacial score (nSPS) is 10.3. The number of hydrogen-bond acceptors (Lipinski definition) is 7. The minimum Gasteiger partial charge on any atom is -0.465 e. The van der Waals surface area contributed by atoms with E-state index in [4.69, 9.17) is 11.6 Å². The Morgan fingerprint density at radius 2 is 2.32 bits per heavy atom. The van der Waals surface area contributed by atoms with E-state index >= 15 is 0 Å². The molecule has 0 unspecified atom stereocenters. The number of carbonyl (C=O) groups excluding carboxylic acids is 1. The van der Waals surface area contributed by atoms with E-state index in [9.17, 15) is 14.9 Å². The van der Waals surface area contributed by atoms with E-state index in [1.54, 1.807) is 6.20 Å². The smallest absolute Gasteiger partial charge is 0.344 e. The number of rotatable bonds is 5. The van der Waals surface area contributed by atoms with Crippen LogP contribution in [0.4, 0.5) is 11.4 Å². The molecular weight excluding hydrogens is 398 g/mol. The summed E-state index contributed by atoms with van der Waals surface area (Å²) < 4.78 is 5.46. The molecule has 1 aromatic heterocycles. The summed E-state index contributed by atoms with van der Waals surface area (Å²) in [6, 6.07) is 2.63. The van der Waals surface area contributed by atoms with Gasteiger partial charge in [0, 0.05) is 21.6 Å². The summed E-state index contributed by atoms with van der Waals surface area (Å²) in [4.78, 5) is 26.9. The van der Waals surface area contributed by atoms with Crippen molar-refractivity contribution in [3.05, 3.63) is 47.8 Å². The molecule has 1 aromatic carbocycles. The molecule has 2 aromatic rings. The lowest BCUT2D eigenvalue weighted by molar-refractivity contribution is -0.385. The van der Waals surface area contributed by atoms with Gasteiger partial charge < -0.3 is 10.1 Å². The second kappa shape index (κ2) is 7.03. The number of ether oxygens (including phenoxy) is 1. The highest BCUT2D eigenvalue weighted by molar-refractivity contribution is 9.10. The zero-order valence-electron chi connectivity index (χ0n) is 11.1. The average molecular weight is 407 g/mol. The third-order valence-electron chi connectivity index (χ3n) is 2.67. The summed E-state index contributed by atoms with van der Waals surface area (Å²) in [6.07, 6.45) is 1.63. The van der Waals surface area contributed by atoms with E-state index < -0.39 is 10.9 Å². The van der Waals surface area contributed by atoms with Crippen LogP contribution < -0.4 is 5.32 Å². The Labute approximate surface area is 142 Å². The van der Waals surface area contributed by atoms with Gasteiger partial charge in [0.05, 0.1) is 24.3 Å². The lowest BCUT2D eigenvalue weighted by Gasteiger charge is -2.09. The Morgan fingerprint density at radius 1 is 1.59 bits per heavy atom. The number of nitro benzene ring substituents is 1. The Balaban J connectivity index is 2.31. The Kier molecular flexibility index (Phi) is 5.33. The number of esters is 1. The standard InChI is InChI=1S/C12H9BrClN3O4S/c1-21-11(18)7-2-9(8(13)3-10(7)17(19)20)15-4-6-5-16-12(14)22-6/h2-3,5,15H,4H2,1H3. The van der Waals surface area contributed by atoms with Crippen molar-refractivity contribution in [1.82, 2.24) is 4.98 Å². The number of carbonyl (C=O) groups is 1. The fourth-order valence-electron chi connectivity index (χ4n) is 1.67. The molecule has 0 radical (unpaired) electrons. The molecule has 2 rings (SSSR count). The zero-order chi connectivity index (χ0) is 16.3. The molecule has 1 N–H and O–H groups in total. The quantitative estimate of drug-likeness (QED) is 0.460.